The van der Waals surface area contributed by atoms with Crippen molar-refractivity contribution >= 4 is 66.2 Å². The van der Waals surface area contributed by atoms with Gasteiger partial charge in [0.25, 0.3) is 16.0 Å². The summed E-state index contributed by atoms with van der Waals surface area (Å²) in [4.78, 5) is 13.0. The fourth-order valence-electron chi connectivity index (χ4n) is 11.0. The molecule has 11 rings (SSSR count). The summed E-state index contributed by atoms with van der Waals surface area (Å²) in [5.74, 6) is 3.14. The molecule has 81 heavy (non-hydrogen) atoms. The van der Waals surface area contributed by atoms with Gasteiger partial charge in [-0.2, -0.15) is 0 Å². The Morgan fingerprint density at radius 2 is 0.728 bits per heavy atom. The summed E-state index contributed by atoms with van der Waals surface area (Å²) in [5.41, 5.74) is 9.96. The van der Waals surface area contributed by atoms with Crippen LogP contribution in [0.5, 0.6) is 28.7 Å². The van der Waals surface area contributed by atoms with E-state index in [0.717, 1.165) is 82.9 Å². The van der Waals surface area contributed by atoms with Crippen LogP contribution >= 0.6 is 16.0 Å². The second-order valence-corrected chi connectivity index (χ2v) is 27.6. The molecular weight excluding hydrogens is 1050 g/mol. The predicted molar refractivity (Wildman–Crippen MR) is 331 cm³/mol. The average Bonchev–Trinajstić information content (AvgIpc) is 2.95. The lowest BCUT2D eigenvalue weighted by atomic mass is 9.83. The molecule has 0 fully saturated rings. The minimum atomic E-state index is -2.22. The van der Waals surface area contributed by atoms with Gasteiger partial charge in [-0.1, -0.05) is 144 Å². The Bertz CT molecular complexity index is 4120. The number of carbonyl (C=O) groups is 1. The van der Waals surface area contributed by atoms with Gasteiger partial charge in [0.15, 0.2) is 0 Å². The quantitative estimate of drug-likeness (QED) is 0.136. The third-order valence-electron chi connectivity index (χ3n) is 15.1. The molecule has 1 unspecified atom stereocenters. The molecule has 3 heterocycles. The summed E-state index contributed by atoms with van der Waals surface area (Å²) in [5, 5.41) is 4.61. The first-order valence-electron chi connectivity index (χ1n) is 27.4. The maximum absolute atomic E-state index is 13.0. The molecule has 0 amide bonds. The smallest absolute Gasteiger partial charge is 0.254 e. The average molecular weight is 1120 g/mol. The van der Waals surface area contributed by atoms with E-state index in [1.165, 1.54) is 0 Å². The molecule has 10 aromatic rings. The topological polar surface area (TPSA) is 116 Å². The van der Waals surface area contributed by atoms with E-state index in [1.54, 1.807) is 21.3 Å². The number of hydrogen-bond acceptors (Lipinski definition) is 10. The summed E-state index contributed by atoms with van der Waals surface area (Å²) >= 11 is 0. The third-order valence-corrected chi connectivity index (χ3v) is 18.2. The van der Waals surface area contributed by atoms with Crippen LogP contribution in [0.3, 0.4) is 0 Å². The number of aldehydes is 1. The second-order valence-electron chi connectivity index (χ2n) is 24.9. The van der Waals surface area contributed by atoms with Crippen molar-refractivity contribution in [3.8, 4) is 72.7 Å². The molecule has 0 saturated carbocycles. The van der Waals surface area contributed by atoms with E-state index >= 15 is 0 Å². The van der Waals surface area contributed by atoms with Gasteiger partial charge in [0, 0.05) is 71.6 Å². The van der Waals surface area contributed by atoms with Crippen molar-refractivity contribution in [3.63, 3.8) is 0 Å². The van der Waals surface area contributed by atoms with Crippen LogP contribution in [0.1, 0.15) is 116 Å². The summed E-state index contributed by atoms with van der Waals surface area (Å²) in [6, 6.07) is 45.1. The summed E-state index contributed by atoms with van der Waals surface area (Å²) < 4.78 is 63.2. The molecule has 0 spiro atoms. The number of fused-ring (bicyclic) bond motifs is 9. The lowest BCUT2D eigenvalue weighted by Gasteiger charge is -2.22. The Hall–Kier alpha value is -7.77. The van der Waals surface area contributed by atoms with Crippen LogP contribution in [0, 0.1) is 0 Å². The molecule has 2 aromatic heterocycles. The molecule has 0 radical (unpaired) electrons. The SMILES string of the molecule is COc1cc(C(C)(C)C)c2op(-c3c(-c4ccccc4)ccc4c3-c3c(ccc(-c5ccccc5)c3-p3oc5c(C(C)(C)C)cc(OC)cc5c5cc(OC)cc(C(C)(C)C)c5o3)OCO4)oc3c(C(C)(C)C)cc(C=O)cc3c2c1. The van der Waals surface area contributed by atoms with Gasteiger partial charge >= 0.3 is 0 Å². The highest BCUT2D eigenvalue weighted by Gasteiger charge is 2.35. The lowest BCUT2D eigenvalue weighted by Crippen LogP contribution is -2.12. The summed E-state index contributed by atoms with van der Waals surface area (Å²) in [6.07, 6.45) is 0.900. The molecule has 1 atom stereocenters. The van der Waals surface area contributed by atoms with Gasteiger partial charge in [-0.3, -0.25) is 4.79 Å². The predicted octanol–water partition coefficient (Wildman–Crippen LogP) is 20.6. The zero-order valence-corrected chi connectivity index (χ0v) is 50.8. The molecule has 0 aliphatic carbocycles. The van der Waals surface area contributed by atoms with Gasteiger partial charge in [-0.25, -0.2) is 0 Å². The molecule has 10 nitrogen and oxygen atoms in total. The standard InChI is InChI=1S/C69H70O10P2/c1-66(2,3)52-31-40(38-70)30-48-49-32-43(71-13)35-53(67(4,5)6)61(49)77-80(76-60(48)52)64-46(41-22-18-16-19-23-41)26-28-56-58(64)59-57(75-39-74-56)29-27-47(42-24-20-17-21-25-42)65(59)81-78-62-50(33-44(72-14)36-54(62)68(7,8)9)51-34-45(73-15)37-55(63(51)79-81)69(10,11)12/h16-38H,39H2,1-15H3. The lowest BCUT2D eigenvalue weighted by molar-refractivity contribution is 0.112. The Morgan fingerprint density at radius 1 is 0.407 bits per heavy atom. The van der Waals surface area contributed by atoms with Crippen molar-refractivity contribution in [1.29, 1.82) is 0 Å². The summed E-state index contributed by atoms with van der Waals surface area (Å²) in [6.45, 7) is 25.9. The Balaban J connectivity index is 1.43. The van der Waals surface area contributed by atoms with E-state index in [1.807, 2.05) is 84.9 Å². The van der Waals surface area contributed by atoms with Crippen LogP contribution < -0.4 is 23.7 Å². The zero-order valence-electron chi connectivity index (χ0n) is 49.0. The van der Waals surface area contributed by atoms with Crippen LogP contribution in [-0.4, -0.2) is 34.4 Å². The molecular formula is C69H70O10P2. The number of ether oxygens (including phenoxy) is 5. The van der Waals surface area contributed by atoms with Crippen LogP contribution in [-0.2, 0) is 21.7 Å². The van der Waals surface area contributed by atoms with E-state index in [2.05, 4.69) is 132 Å². The van der Waals surface area contributed by atoms with Gasteiger partial charge in [-0.15, -0.1) is 0 Å². The van der Waals surface area contributed by atoms with Gasteiger partial charge in [0.2, 0.25) is 6.79 Å². The molecule has 8 aromatic carbocycles. The van der Waals surface area contributed by atoms with Gasteiger partial charge < -0.3 is 40.5 Å². The van der Waals surface area contributed by atoms with Gasteiger partial charge in [0.1, 0.15) is 57.4 Å². The molecule has 1 aliphatic heterocycles. The van der Waals surface area contributed by atoms with E-state index in [9.17, 15) is 4.79 Å². The van der Waals surface area contributed by atoms with Crippen LogP contribution in [0.4, 0.5) is 0 Å². The molecule has 0 bridgehead atoms. The highest BCUT2D eigenvalue weighted by molar-refractivity contribution is 7.47. The first-order chi connectivity index (χ1) is 38.5. The monoisotopic (exact) mass is 1120 g/mol. The minimum Gasteiger partial charge on any atom is -0.497 e. The van der Waals surface area contributed by atoms with Crippen molar-refractivity contribution in [1.82, 2.24) is 0 Å². The van der Waals surface area contributed by atoms with E-state index in [-0.39, 0.29) is 6.79 Å². The maximum Gasteiger partial charge on any atom is 0.254 e. The fourth-order valence-corrected chi connectivity index (χ4v) is 14.5. The molecule has 12 heteroatoms. The number of carbonyl (C=O) groups excluding carboxylic acids is 1. The number of hydrogen-bond donors (Lipinski definition) is 0. The fraction of sp³-hybridized carbons (Fsp3) is 0.290. The maximum atomic E-state index is 13.0. The first-order valence-corrected chi connectivity index (χ1v) is 29.7. The Kier molecular flexibility index (Phi) is 14.1. The Labute approximate surface area is 476 Å². The van der Waals surface area contributed by atoms with Crippen molar-refractivity contribution in [2.75, 3.05) is 28.1 Å². The molecule has 416 valence electrons. The van der Waals surface area contributed by atoms with Crippen molar-refractivity contribution < 1.29 is 45.3 Å². The van der Waals surface area contributed by atoms with E-state index in [4.69, 9.17) is 40.5 Å². The van der Waals surface area contributed by atoms with E-state index < -0.39 is 37.7 Å². The molecule has 1 aliphatic rings. The third kappa shape index (κ3) is 10.1. The summed E-state index contributed by atoms with van der Waals surface area (Å²) in [7, 11) is 0.655. The van der Waals surface area contributed by atoms with Crippen LogP contribution in [0.15, 0.2) is 150 Å². The van der Waals surface area contributed by atoms with Crippen molar-refractivity contribution in [2.24, 2.45) is 0 Å². The van der Waals surface area contributed by atoms with Gasteiger partial charge in [0.05, 0.1) is 31.9 Å². The molecule has 0 N–H and O–H groups in total. The van der Waals surface area contributed by atoms with Gasteiger partial charge in [-0.05, 0) is 106 Å². The first kappa shape index (κ1) is 55.2. The number of rotatable bonds is 8. The largest absolute Gasteiger partial charge is 0.497 e. The van der Waals surface area contributed by atoms with Crippen LogP contribution in [0.2, 0.25) is 0 Å². The second kappa shape index (κ2) is 20.6. The number of methoxy groups -OCH3 is 3. The number of benzene rings is 8. The highest BCUT2D eigenvalue weighted by Crippen LogP contribution is 2.63. The highest BCUT2D eigenvalue weighted by atomic mass is 31.1. The van der Waals surface area contributed by atoms with Crippen molar-refractivity contribution in [3.05, 3.63) is 161 Å². The molecule has 0 saturated heterocycles. The van der Waals surface area contributed by atoms with E-state index in [0.29, 0.717) is 67.8 Å². The zero-order chi connectivity index (χ0) is 57.5. The minimum absolute atomic E-state index is 0.0938. The van der Waals surface area contributed by atoms with Crippen molar-refractivity contribution in [2.45, 2.75) is 105 Å². The normalized spacial score (nSPS) is 13.0. The van der Waals surface area contributed by atoms with Crippen LogP contribution in [0.25, 0.3) is 87.9 Å². The Morgan fingerprint density at radius 3 is 1.04 bits per heavy atom.